The van der Waals surface area contributed by atoms with Crippen LogP contribution in [0.4, 0.5) is 17.1 Å². The lowest BCUT2D eigenvalue weighted by atomic mass is 10.2. The number of carbonyl (C=O) groups excluding carboxylic acids is 1. The Morgan fingerprint density at radius 2 is 1.68 bits per heavy atom. The SMILES string of the molecule is COc1ccc(N(CC(=O)N/N=C/c2ccccc2[N+](=O)[O-])S(=O)(=O)c2ccc(C)c([N+](=O)[O-])c2)cc1. The van der Waals surface area contributed by atoms with Gasteiger partial charge in [0.2, 0.25) is 0 Å². The molecule has 0 spiro atoms. The van der Waals surface area contributed by atoms with E-state index in [1.165, 1.54) is 68.6 Å². The highest BCUT2D eigenvalue weighted by Crippen LogP contribution is 2.29. The van der Waals surface area contributed by atoms with E-state index in [4.69, 9.17) is 4.74 Å². The lowest BCUT2D eigenvalue weighted by Gasteiger charge is -2.24. The van der Waals surface area contributed by atoms with Crippen molar-refractivity contribution in [2.24, 2.45) is 5.10 Å². The Labute approximate surface area is 211 Å². The fourth-order valence-electron chi connectivity index (χ4n) is 3.24. The van der Waals surface area contributed by atoms with E-state index in [0.29, 0.717) is 5.75 Å². The number of ether oxygens (including phenoxy) is 1. The normalized spacial score (nSPS) is 11.2. The summed E-state index contributed by atoms with van der Waals surface area (Å²) in [6, 6.07) is 14.9. The molecule has 0 atom stereocenters. The van der Waals surface area contributed by atoms with Gasteiger partial charge < -0.3 is 4.74 Å². The predicted octanol–water partition coefficient (Wildman–Crippen LogP) is 3.17. The summed E-state index contributed by atoms with van der Waals surface area (Å²) in [5.74, 6) is -0.429. The molecule has 0 heterocycles. The van der Waals surface area contributed by atoms with Gasteiger partial charge in [-0.15, -0.1) is 0 Å². The zero-order chi connectivity index (χ0) is 27.2. The molecule has 0 bridgehead atoms. The molecule has 37 heavy (non-hydrogen) atoms. The number of hydrogen-bond donors (Lipinski definition) is 1. The number of nitro benzene ring substituents is 2. The van der Waals surface area contributed by atoms with Crippen molar-refractivity contribution in [3.8, 4) is 5.75 Å². The second kappa shape index (κ2) is 11.3. The Morgan fingerprint density at radius 1 is 1.03 bits per heavy atom. The second-order valence-corrected chi connectivity index (χ2v) is 9.39. The summed E-state index contributed by atoms with van der Waals surface area (Å²) in [6.45, 7) is 0.725. The Morgan fingerprint density at radius 3 is 2.30 bits per heavy atom. The topological polar surface area (TPSA) is 174 Å². The predicted molar refractivity (Wildman–Crippen MR) is 134 cm³/mol. The highest BCUT2D eigenvalue weighted by molar-refractivity contribution is 7.92. The average Bonchev–Trinajstić information content (AvgIpc) is 2.87. The lowest BCUT2D eigenvalue weighted by Crippen LogP contribution is -2.39. The van der Waals surface area contributed by atoms with Crippen LogP contribution in [0.5, 0.6) is 5.75 Å². The highest BCUT2D eigenvalue weighted by atomic mass is 32.2. The van der Waals surface area contributed by atoms with Gasteiger partial charge in [-0.3, -0.25) is 29.3 Å². The fourth-order valence-corrected chi connectivity index (χ4v) is 4.68. The van der Waals surface area contributed by atoms with Crippen molar-refractivity contribution in [3.63, 3.8) is 0 Å². The first-order valence-electron chi connectivity index (χ1n) is 10.5. The van der Waals surface area contributed by atoms with E-state index in [0.717, 1.165) is 16.6 Å². The first-order chi connectivity index (χ1) is 17.5. The van der Waals surface area contributed by atoms with Gasteiger partial charge in [0, 0.05) is 17.7 Å². The standard InChI is InChI=1S/C23H21N5O8S/c1-16-7-12-20(13-22(16)28(32)33)37(34,35)26(18-8-10-19(36-2)11-9-18)15-23(29)25-24-14-17-5-3-4-6-21(17)27(30)31/h3-14H,15H2,1-2H3,(H,25,29)/b24-14+. The molecule has 3 aromatic rings. The molecule has 0 aromatic heterocycles. The third kappa shape index (κ3) is 6.24. The maximum atomic E-state index is 13.5. The van der Waals surface area contributed by atoms with Crippen LogP contribution in [-0.2, 0) is 14.8 Å². The molecule has 0 aliphatic heterocycles. The zero-order valence-electron chi connectivity index (χ0n) is 19.6. The summed E-state index contributed by atoms with van der Waals surface area (Å²) in [4.78, 5) is 33.5. The summed E-state index contributed by atoms with van der Waals surface area (Å²) in [6.07, 6.45) is 1.06. The van der Waals surface area contributed by atoms with Gasteiger partial charge in [-0.2, -0.15) is 5.10 Å². The third-order valence-electron chi connectivity index (χ3n) is 5.14. The van der Waals surface area contributed by atoms with Crippen molar-refractivity contribution in [1.82, 2.24) is 5.43 Å². The molecule has 14 heteroatoms. The van der Waals surface area contributed by atoms with Crippen LogP contribution in [0.25, 0.3) is 0 Å². The van der Waals surface area contributed by atoms with Crippen molar-refractivity contribution in [3.05, 3.63) is 98.1 Å². The first kappa shape index (κ1) is 26.7. The van der Waals surface area contributed by atoms with Crippen LogP contribution in [-0.4, -0.2) is 44.0 Å². The van der Waals surface area contributed by atoms with Gasteiger partial charge in [0.25, 0.3) is 27.3 Å². The number of para-hydroxylation sites is 1. The van der Waals surface area contributed by atoms with E-state index in [2.05, 4.69) is 10.5 Å². The van der Waals surface area contributed by atoms with Crippen LogP contribution < -0.4 is 14.5 Å². The summed E-state index contributed by atoms with van der Waals surface area (Å²) in [5, 5.41) is 26.2. The molecule has 0 radical (unpaired) electrons. The molecule has 192 valence electrons. The number of rotatable bonds is 10. The molecule has 3 aromatic carbocycles. The number of methoxy groups -OCH3 is 1. The molecule has 1 N–H and O–H groups in total. The molecule has 0 saturated carbocycles. The molecule has 3 rings (SSSR count). The molecule has 0 aliphatic rings. The van der Waals surface area contributed by atoms with Crippen LogP contribution in [0.3, 0.4) is 0 Å². The minimum absolute atomic E-state index is 0.0851. The Hall–Kier alpha value is -4.85. The van der Waals surface area contributed by atoms with E-state index in [9.17, 15) is 33.4 Å². The van der Waals surface area contributed by atoms with E-state index in [-0.39, 0.29) is 22.5 Å². The molecular formula is C23H21N5O8S. The smallest absolute Gasteiger partial charge is 0.278 e. The number of nitro groups is 2. The summed E-state index contributed by atoms with van der Waals surface area (Å²) >= 11 is 0. The van der Waals surface area contributed by atoms with Gasteiger partial charge in [0.1, 0.15) is 12.3 Å². The van der Waals surface area contributed by atoms with E-state index < -0.39 is 42.9 Å². The van der Waals surface area contributed by atoms with Gasteiger partial charge in [0.05, 0.1) is 39.3 Å². The molecule has 13 nitrogen and oxygen atoms in total. The van der Waals surface area contributed by atoms with Crippen LogP contribution >= 0.6 is 0 Å². The molecule has 0 aliphatic carbocycles. The van der Waals surface area contributed by atoms with E-state index in [1.54, 1.807) is 6.07 Å². The molecule has 0 saturated heterocycles. The Kier molecular flexibility index (Phi) is 8.14. The number of carbonyl (C=O) groups is 1. The average molecular weight is 528 g/mol. The Bertz CT molecular complexity index is 1470. The number of anilines is 1. The summed E-state index contributed by atoms with van der Waals surface area (Å²) in [5.41, 5.74) is 2.00. The van der Waals surface area contributed by atoms with Crippen molar-refractivity contribution in [1.29, 1.82) is 0 Å². The van der Waals surface area contributed by atoms with E-state index in [1.807, 2.05) is 0 Å². The molecule has 0 unspecified atom stereocenters. The number of hydrazone groups is 1. The summed E-state index contributed by atoms with van der Waals surface area (Å²) < 4.78 is 32.9. The minimum atomic E-state index is -4.45. The number of hydrogen-bond acceptors (Lipinski definition) is 9. The van der Waals surface area contributed by atoms with Crippen molar-refractivity contribution < 1.29 is 27.8 Å². The third-order valence-corrected chi connectivity index (χ3v) is 6.91. The number of nitrogens with one attached hydrogen (secondary N) is 1. The number of sulfonamides is 1. The van der Waals surface area contributed by atoms with Crippen molar-refractivity contribution >= 4 is 39.2 Å². The quantitative estimate of drug-likeness (QED) is 0.238. The number of amides is 1. The van der Waals surface area contributed by atoms with Gasteiger partial charge in [-0.1, -0.05) is 18.2 Å². The first-order valence-corrected chi connectivity index (χ1v) is 12.0. The van der Waals surface area contributed by atoms with Crippen LogP contribution in [0.15, 0.2) is 76.7 Å². The zero-order valence-corrected chi connectivity index (χ0v) is 20.4. The molecular weight excluding hydrogens is 506 g/mol. The Balaban J connectivity index is 1.93. The van der Waals surface area contributed by atoms with Crippen LogP contribution in [0.2, 0.25) is 0 Å². The number of nitrogens with zero attached hydrogens (tertiary/aromatic N) is 4. The number of aryl methyl sites for hydroxylation is 1. The van der Waals surface area contributed by atoms with Crippen LogP contribution in [0, 0.1) is 27.2 Å². The van der Waals surface area contributed by atoms with Crippen molar-refractivity contribution in [2.75, 3.05) is 18.0 Å². The second-order valence-electron chi connectivity index (χ2n) is 7.52. The lowest BCUT2D eigenvalue weighted by molar-refractivity contribution is -0.385. The number of benzene rings is 3. The molecule has 1 amide bonds. The van der Waals surface area contributed by atoms with E-state index >= 15 is 0 Å². The summed E-state index contributed by atoms with van der Waals surface area (Å²) in [7, 11) is -3.02. The van der Waals surface area contributed by atoms with Gasteiger partial charge >= 0.3 is 0 Å². The van der Waals surface area contributed by atoms with Gasteiger partial charge in [0.15, 0.2) is 0 Å². The monoisotopic (exact) mass is 527 g/mol. The maximum absolute atomic E-state index is 13.5. The van der Waals surface area contributed by atoms with Gasteiger partial charge in [-0.25, -0.2) is 13.8 Å². The maximum Gasteiger partial charge on any atom is 0.278 e. The minimum Gasteiger partial charge on any atom is -0.497 e. The highest BCUT2D eigenvalue weighted by Gasteiger charge is 2.29. The fraction of sp³-hybridized carbons (Fsp3) is 0.130. The largest absolute Gasteiger partial charge is 0.497 e. The van der Waals surface area contributed by atoms with Crippen LogP contribution in [0.1, 0.15) is 11.1 Å². The van der Waals surface area contributed by atoms with Crippen molar-refractivity contribution in [2.45, 2.75) is 11.8 Å². The van der Waals surface area contributed by atoms with Gasteiger partial charge in [-0.05, 0) is 43.3 Å². The molecule has 0 fully saturated rings.